The molecule has 0 aliphatic carbocycles. The van der Waals surface area contributed by atoms with Gasteiger partial charge in [0.15, 0.2) is 0 Å². The Morgan fingerprint density at radius 3 is 2.61 bits per heavy atom. The summed E-state index contributed by atoms with van der Waals surface area (Å²) in [6.07, 6.45) is 0.230. The van der Waals surface area contributed by atoms with Crippen LogP contribution in [0.1, 0.15) is 22.3 Å². The van der Waals surface area contributed by atoms with Crippen molar-refractivity contribution in [2.24, 2.45) is 0 Å². The van der Waals surface area contributed by atoms with Gasteiger partial charge in [0.05, 0.1) is 10.9 Å². The van der Waals surface area contributed by atoms with Crippen LogP contribution in [0.3, 0.4) is 0 Å². The van der Waals surface area contributed by atoms with Gasteiger partial charge in [-0.2, -0.15) is 0 Å². The standard InChI is InChI=1S/C19H20FN3O4S/c1-12-6-7-16(10-17(12)20)28(26,27)22-14-5-3-4-13(8-14)19(25)21-15-9-18(24)23(2)11-15/h3-8,10,15,22H,9,11H2,1-2H3,(H,21,25)/t15-/m0/s1. The summed E-state index contributed by atoms with van der Waals surface area (Å²) in [6.45, 7) is 1.97. The van der Waals surface area contributed by atoms with E-state index in [0.29, 0.717) is 12.1 Å². The Morgan fingerprint density at radius 1 is 1.21 bits per heavy atom. The molecule has 1 heterocycles. The highest BCUT2D eigenvalue weighted by molar-refractivity contribution is 7.92. The molecule has 0 saturated carbocycles. The molecule has 0 unspecified atom stereocenters. The predicted molar refractivity (Wildman–Crippen MR) is 102 cm³/mol. The summed E-state index contributed by atoms with van der Waals surface area (Å²) in [6, 6.07) is 9.30. The van der Waals surface area contributed by atoms with E-state index in [1.54, 1.807) is 13.1 Å². The van der Waals surface area contributed by atoms with Gasteiger partial charge in [-0.3, -0.25) is 14.3 Å². The molecule has 0 aromatic heterocycles. The average Bonchev–Trinajstić information content (AvgIpc) is 2.94. The maximum atomic E-state index is 13.7. The summed E-state index contributed by atoms with van der Waals surface area (Å²) in [5.74, 6) is -1.07. The minimum absolute atomic E-state index is 0.0443. The van der Waals surface area contributed by atoms with E-state index in [9.17, 15) is 22.4 Å². The number of hydrogen-bond acceptors (Lipinski definition) is 4. The molecule has 148 valence electrons. The van der Waals surface area contributed by atoms with Crippen LogP contribution in [0.25, 0.3) is 0 Å². The number of nitrogens with one attached hydrogen (secondary N) is 2. The van der Waals surface area contributed by atoms with E-state index in [-0.39, 0.29) is 34.5 Å². The molecule has 7 nitrogen and oxygen atoms in total. The molecule has 1 saturated heterocycles. The van der Waals surface area contributed by atoms with Crippen molar-refractivity contribution in [3.8, 4) is 0 Å². The van der Waals surface area contributed by atoms with Crippen molar-refractivity contribution in [2.45, 2.75) is 24.3 Å². The highest BCUT2D eigenvalue weighted by Gasteiger charge is 2.28. The summed E-state index contributed by atoms with van der Waals surface area (Å²) < 4.78 is 41.0. The van der Waals surface area contributed by atoms with Gasteiger partial charge in [0.1, 0.15) is 5.82 Å². The van der Waals surface area contributed by atoms with E-state index in [1.807, 2.05) is 0 Å². The minimum Gasteiger partial charge on any atom is -0.347 e. The number of amides is 2. The normalized spacial score (nSPS) is 16.9. The first-order valence-electron chi connectivity index (χ1n) is 8.59. The lowest BCUT2D eigenvalue weighted by molar-refractivity contribution is -0.126. The Bertz CT molecular complexity index is 1040. The zero-order valence-corrected chi connectivity index (χ0v) is 16.2. The third kappa shape index (κ3) is 4.30. The number of carbonyl (C=O) groups excluding carboxylic acids is 2. The quantitative estimate of drug-likeness (QED) is 0.794. The number of halogens is 1. The number of likely N-dealkylation sites (N-methyl/N-ethyl adjacent to an activating group) is 1. The maximum absolute atomic E-state index is 13.7. The number of likely N-dealkylation sites (tertiary alicyclic amines) is 1. The smallest absolute Gasteiger partial charge is 0.261 e. The van der Waals surface area contributed by atoms with Crippen LogP contribution in [0.2, 0.25) is 0 Å². The van der Waals surface area contributed by atoms with E-state index < -0.39 is 21.7 Å². The maximum Gasteiger partial charge on any atom is 0.261 e. The molecule has 3 rings (SSSR count). The Hall–Kier alpha value is -2.94. The summed E-state index contributed by atoms with van der Waals surface area (Å²) >= 11 is 0. The molecule has 1 atom stereocenters. The van der Waals surface area contributed by atoms with Crippen LogP contribution >= 0.6 is 0 Å². The number of nitrogens with zero attached hydrogens (tertiary/aromatic N) is 1. The summed E-state index contributed by atoms with van der Waals surface area (Å²) in [7, 11) is -2.34. The molecule has 1 fully saturated rings. The number of hydrogen-bond donors (Lipinski definition) is 2. The zero-order valence-electron chi connectivity index (χ0n) is 15.4. The summed E-state index contributed by atoms with van der Waals surface area (Å²) in [4.78, 5) is 25.3. The van der Waals surface area contributed by atoms with Gasteiger partial charge in [0, 0.05) is 31.3 Å². The molecule has 1 aliphatic rings. The third-order valence-electron chi connectivity index (χ3n) is 4.51. The fourth-order valence-corrected chi connectivity index (χ4v) is 3.97. The van der Waals surface area contributed by atoms with Crippen molar-refractivity contribution < 1.29 is 22.4 Å². The lowest BCUT2D eigenvalue weighted by Gasteiger charge is -2.13. The van der Waals surface area contributed by atoms with Gasteiger partial charge in [0.25, 0.3) is 15.9 Å². The molecular weight excluding hydrogens is 385 g/mol. The largest absolute Gasteiger partial charge is 0.347 e. The van der Waals surface area contributed by atoms with Crippen LogP contribution in [-0.4, -0.2) is 44.8 Å². The first kappa shape index (κ1) is 19.8. The molecule has 0 spiro atoms. The first-order chi connectivity index (χ1) is 13.2. The van der Waals surface area contributed by atoms with E-state index >= 15 is 0 Å². The van der Waals surface area contributed by atoms with Crippen molar-refractivity contribution >= 4 is 27.5 Å². The minimum atomic E-state index is -4.01. The molecule has 9 heteroatoms. The molecule has 28 heavy (non-hydrogen) atoms. The molecule has 2 amide bonds. The van der Waals surface area contributed by atoms with Gasteiger partial charge in [-0.1, -0.05) is 12.1 Å². The topological polar surface area (TPSA) is 95.6 Å². The van der Waals surface area contributed by atoms with Crippen LogP contribution in [0.4, 0.5) is 10.1 Å². The Labute approximate surface area is 162 Å². The van der Waals surface area contributed by atoms with E-state index in [2.05, 4.69) is 10.0 Å². The highest BCUT2D eigenvalue weighted by atomic mass is 32.2. The molecule has 2 aromatic carbocycles. The fraction of sp³-hybridized carbons (Fsp3) is 0.263. The van der Waals surface area contributed by atoms with Gasteiger partial charge >= 0.3 is 0 Å². The zero-order chi connectivity index (χ0) is 20.5. The van der Waals surface area contributed by atoms with Gasteiger partial charge in [0.2, 0.25) is 5.91 Å². The van der Waals surface area contributed by atoms with Crippen molar-refractivity contribution in [1.29, 1.82) is 0 Å². The van der Waals surface area contributed by atoms with Crippen LogP contribution in [0.15, 0.2) is 47.4 Å². The van der Waals surface area contributed by atoms with E-state index in [4.69, 9.17) is 0 Å². The molecule has 0 bridgehead atoms. The number of benzene rings is 2. The van der Waals surface area contributed by atoms with Crippen LogP contribution in [0.5, 0.6) is 0 Å². The van der Waals surface area contributed by atoms with Gasteiger partial charge in [-0.15, -0.1) is 0 Å². The lowest BCUT2D eigenvalue weighted by atomic mass is 10.1. The molecule has 0 radical (unpaired) electrons. The van der Waals surface area contributed by atoms with Crippen LogP contribution < -0.4 is 10.0 Å². The van der Waals surface area contributed by atoms with Gasteiger partial charge in [-0.25, -0.2) is 12.8 Å². The Kier molecular flexibility index (Phi) is 5.37. The van der Waals surface area contributed by atoms with Crippen molar-refractivity contribution in [3.05, 3.63) is 59.4 Å². The summed E-state index contributed by atoms with van der Waals surface area (Å²) in [5.41, 5.74) is 0.763. The van der Waals surface area contributed by atoms with Crippen molar-refractivity contribution in [3.63, 3.8) is 0 Å². The molecule has 2 aromatic rings. The van der Waals surface area contributed by atoms with Crippen LogP contribution in [-0.2, 0) is 14.8 Å². The fourth-order valence-electron chi connectivity index (χ4n) is 2.91. The number of sulfonamides is 1. The second kappa shape index (κ2) is 7.59. The predicted octanol–water partition coefficient (Wildman–Crippen LogP) is 1.90. The summed E-state index contributed by atoms with van der Waals surface area (Å²) in [5, 5.41) is 2.76. The van der Waals surface area contributed by atoms with Gasteiger partial charge in [-0.05, 0) is 42.8 Å². The van der Waals surface area contributed by atoms with E-state index in [0.717, 1.165) is 6.07 Å². The SMILES string of the molecule is Cc1ccc(S(=O)(=O)Nc2cccc(C(=O)N[C@H]3CC(=O)N(C)C3)c2)cc1F. The number of rotatable bonds is 5. The first-order valence-corrected chi connectivity index (χ1v) is 10.1. The second-order valence-electron chi connectivity index (χ2n) is 6.75. The monoisotopic (exact) mass is 405 g/mol. The number of carbonyl (C=O) groups is 2. The average molecular weight is 405 g/mol. The lowest BCUT2D eigenvalue weighted by Crippen LogP contribution is -2.36. The highest BCUT2D eigenvalue weighted by Crippen LogP contribution is 2.20. The third-order valence-corrected chi connectivity index (χ3v) is 5.89. The Balaban J connectivity index is 1.74. The molecule has 1 aliphatic heterocycles. The van der Waals surface area contributed by atoms with Crippen molar-refractivity contribution in [2.75, 3.05) is 18.3 Å². The number of aryl methyl sites for hydroxylation is 1. The van der Waals surface area contributed by atoms with Gasteiger partial charge < -0.3 is 10.2 Å². The molecule has 2 N–H and O–H groups in total. The van der Waals surface area contributed by atoms with E-state index in [1.165, 1.54) is 42.2 Å². The van der Waals surface area contributed by atoms with Crippen LogP contribution in [0, 0.1) is 12.7 Å². The Morgan fingerprint density at radius 2 is 1.96 bits per heavy atom. The number of anilines is 1. The van der Waals surface area contributed by atoms with Crippen molar-refractivity contribution in [1.82, 2.24) is 10.2 Å². The second-order valence-corrected chi connectivity index (χ2v) is 8.43. The molecular formula is C19H20FN3O4S.